The van der Waals surface area contributed by atoms with E-state index >= 15 is 0 Å². The molecule has 8 heteroatoms. The summed E-state index contributed by atoms with van der Waals surface area (Å²) in [6, 6.07) is 16.3. The standard InChI is InChI=1S/C24H30N4O4/c1-30-16-17-32-24-26-21-10-9-20(27-12-14-31-15-13-27)18-22(21)28(24)23(29)25-11-5-8-19-6-3-2-4-7-19/h2-4,6-7,9-10,18H,5,8,11-17H2,1H3,(H,25,29). The summed E-state index contributed by atoms with van der Waals surface area (Å²) in [6.07, 6.45) is 1.76. The molecule has 32 heavy (non-hydrogen) atoms. The first-order valence-corrected chi connectivity index (χ1v) is 11.1. The molecule has 1 fully saturated rings. The van der Waals surface area contributed by atoms with Crippen molar-refractivity contribution >= 4 is 22.8 Å². The first-order valence-electron chi connectivity index (χ1n) is 11.1. The van der Waals surface area contributed by atoms with Crippen molar-refractivity contribution in [2.24, 2.45) is 0 Å². The van der Waals surface area contributed by atoms with Crippen molar-refractivity contribution in [2.75, 3.05) is 58.1 Å². The number of amides is 1. The Morgan fingerprint density at radius 2 is 1.94 bits per heavy atom. The number of imidazole rings is 1. The van der Waals surface area contributed by atoms with Gasteiger partial charge in [-0.2, -0.15) is 4.98 Å². The lowest BCUT2D eigenvalue weighted by Crippen LogP contribution is -2.36. The van der Waals surface area contributed by atoms with Gasteiger partial charge in [0.05, 0.1) is 30.9 Å². The number of methoxy groups -OCH3 is 1. The Kier molecular flexibility index (Phi) is 7.58. The maximum atomic E-state index is 13.1. The van der Waals surface area contributed by atoms with Crippen molar-refractivity contribution < 1.29 is 19.0 Å². The van der Waals surface area contributed by atoms with Crippen LogP contribution in [0.5, 0.6) is 6.01 Å². The van der Waals surface area contributed by atoms with Crippen molar-refractivity contribution in [1.82, 2.24) is 14.9 Å². The fraction of sp³-hybridized carbons (Fsp3) is 0.417. The summed E-state index contributed by atoms with van der Waals surface area (Å²) in [5.41, 5.74) is 3.74. The number of nitrogens with one attached hydrogen (secondary N) is 1. The molecule has 0 bridgehead atoms. The molecule has 0 radical (unpaired) electrons. The molecular formula is C24H30N4O4. The third-order valence-corrected chi connectivity index (χ3v) is 5.47. The van der Waals surface area contributed by atoms with Gasteiger partial charge >= 0.3 is 12.0 Å². The molecule has 1 aromatic heterocycles. The number of anilines is 1. The number of morpholine rings is 1. The lowest BCUT2D eigenvalue weighted by Gasteiger charge is -2.28. The summed E-state index contributed by atoms with van der Waals surface area (Å²) in [5, 5.41) is 3.02. The van der Waals surface area contributed by atoms with Crippen molar-refractivity contribution in [3.05, 3.63) is 54.1 Å². The van der Waals surface area contributed by atoms with Gasteiger partial charge in [0.2, 0.25) is 0 Å². The van der Waals surface area contributed by atoms with Crippen LogP contribution in [-0.2, 0) is 15.9 Å². The molecule has 3 aromatic rings. The summed E-state index contributed by atoms with van der Waals surface area (Å²) in [7, 11) is 1.61. The average Bonchev–Trinajstić information content (AvgIpc) is 3.20. The van der Waals surface area contributed by atoms with Crippen molar-refractivity contribution in [2.45, 2.75) is 12.8 Å². The first kappa shape index (κ1) is 22.1. The molecule has 1 aliphatic rings. The molecule has 2 heterocycles. The van der Waals surface area contributed by atoms with Crippen LogP contribution < -0.4 is 15.0 Å². The minimum atomic E-state index is -0.243. The zero-order valence-corrected chi connectivity index (χ0v) is 18.5. The Balaban J connectivity index is 1.51. The van der Waals surface area contributed by atoms with Crippen molar-refractivity contribution in [1.29, 1.82) is 0 Å². The van der Waals surface area contributed by atoms with Crippen molar-refractivity contribution in [3.63, 3.8) is 0 Å². The van der Waals surface area contributed by atoms with E-state index in [9.17, 15) is 4.79 Å². The lowest BCUT2D eigenvalue weighted by molar-refractivity contribution is 0.122. The lowest BCUT2D eigenvalue weighted by atomic mass is 10.1. The second-order valence-corrected chi connectivity index (χ2v) is 7.66. The topological polar surface area (TPSA) is 77.9 Å². The van der Waals surface area contributed by atoms with Gasteiger partial charge in [-0.1, -0.05) is 30.3 Å². The van der Waals surface area contributed by atoms with Gasteiger partial charge in [0, 0.05) is 32.4 Å². The van der Waals surface area contributed by atoms with Crippen LogP contribution in [0.25, 0.3) is 11.0 Å². The highest BCUT2D eigenvalue weighted by molar-refractivity contribution is 5.92. The van der Waals surface area contributed by atoms with Crippen LogP contribution >= 0.6 is 0 Å². The number of fused-ring (bicyclic) bond motifs is 1. The van der Waals surface area contributed by atoms with Gasteiger partial charge in [0.25, 0.3) is 0 Å². The molecule has 0 unspecified atom stereocenters. The Morgan fingerprint density at radius 3 is 2.72 bits per heavy atom. The van der Waals surface area contributed by atoms with E-state index in [4.69, 9.17) is 14.2 Å². The molecule has 2 aromatic carbocycles. The normalized spacial score (nSPS) is 14.0. The number of nitrogens with zero attached hydrogens (tertiary/aromatic N) is 3. The summed E-state index contributed by atoms with van der Waals surface area (Å²) >= 11 is 0. The first-order chi connectivity index (χ1) is 15.8. The van der Waals surface area contributed by atoms with E-state index in [1.807, 2.05) is 36.4 Å². The van der Waals surface area contributed by atoms with Crippen LogP contribution in [0.15, 0.2) is 48.5 Å². The zero-order chi connectivity index (χ0) is 22.2. The summed E-state index contributed by atoms with van der Waals surface area (Å²) < 4.78 is 17.8. The fourth-order valence-electron chi connectivity index (χ4n) is 3.78. The van der Waals surface area contributed by atoms with Crippen molar-refractivity contribution in [3.8, 4) is 6.01 Å². The van der Waals surface area contributed by atoms with E-state index in [1.54, 1.807) is 7.11 Å². The van der Waals surface area contributed by atoms with Gasteiger partial charge in [-0.05, 0) is 36.6 Å². The second-order valence-electron chi connectivity index (χ2n) is 7.66. The van der Waals surface area contributed by atoms with Gasteiger partial charge in [-0.25, -0.2) is 9.36 Å². The van der Waals surface area contributed by atoms with Gasteiger partial charge in [-0.15, -0.1) is 0 Å². The van der Waals surface area contributed by atoms with Crippen LogP contribution in [0.4, 0.5) is 10.5 Å². The molecule has 4 rings (SSSR count). The highest BCUT2D eigenvalue weighted by Gasteiger charge is 2.20. The predicted molar refractivity (Wildman–Crippen MR) is 124 cm³/mol. The molecule has 1 saturated heterocycles. The van der Waals surface area contributed by atoms with Crippen LogP contribution in [0.1, 0.15) is 12.0 Å². The molecule has 0 saturated carbocycles. The molecule has 170 valence electrons. The van der Waals surface area contributed by atoms with Gasteiger partial charge in [0.15, 0.2) is 0 Å². The van der Waals surface area contributed by atoms with E-state index in [1.165, 1.54) is 10.1 Å². The summed E-state index contributed by atoms with van der Waals surface area (Å²) in [5.74, 6) is 0. The minimum Gasteiger partial charge on any atom is -0.462 e. The number of aromatic nitrogens is 2. The third-order valence-electron chi connectivity index (χ3n) is 5.47. The number of ether oxygens (including phenoxy) is 3. The Bertz CT molecular complexity index is 1020. The number of aryl methyl sites for hydroxylation is 1. The largest absolute Gasteiger partial charge is 0.462 e. The minimum absolute atomic E-state index is 0.243. The Morgan fingerprint density at radius 1 is 1.12 bits per heavy atom. The maximum absolute atomic E-state index is 13.1. The van der Waals surface area contributed by atoms with Crippen LogP contribution in [0.3, 0.4) is 0 Å². The van der Waals surface area contributed by atoms with Gasteiger partial charge in [-0.3, -0.25) is 0 Å². The summed E-state index contributed by atoms with van der Waals surface area (Å²) in [6.45, 7) is 4.34. The number of hydrogen-bond donors (Lipinski definition) is 1. The molecule has 0 atom stereocenters. The monoisotopic (exact) mass is 438 g/mol. The number of carbonyl (C=O) groups is 1. The van der Waals surface area contributed by atoms with E-state index in [-0.39, 0.29) is 12.0 Å². The predicted octanol–water partition coefficient (Wildman–Crippen LogP) is 3.09. The Labute approximate surface area is 188 Å². The SMILES string of the molecule is COCCOc1nc2ccc(N3CCOCC3)cc2n1C(=O)NCCCc1ccccc1. The molecule has 1 aliphatic heterocycles. The van der Waals surface area contributed by atoms with Crippen LogP contribution in [-0.4, -0.2) is 68.8 Å². The molecule has 8 nitrogen and oxygen atoms in total. The Hall–Kier alpha value is -3.10. The van der Waals surface area contributed by atoms with E-state index in [0.717, 1.165) is 37.1 Å². The van der Waals surface area contributed by atoms with Crippen LogP contribution in [0, 0.1) is 0 Å². The molecule has 1 N–H and O–H groups in total. The smallest absolute Gasteiger partial charge is 0.330 e. The van der Waals surface area contributed by atoms with E-state index < -0.39 is 0 Å². The second kappa shape index (κ2) is 11.0. The molecule has 1 amide bonds. The van der Waals surface area contributed by atoms with Crippen LogP contribution in [0.2, 0.25) is 0 Å². The summed E-state index contributed by atoms with van der Waals surface area (Å²) in [4.78, 5) is 19.9. The third kappa shape index (κ3) is 5.38. The number of carbonyl (C=O) groups excluding carboxylic acids is 1. The molecule has 0 spiro atoms. The average molecular weight is 439 g/mol. The van der Waals surface area contributed by atoms with E-state index in [2.05, 4.69) is 27.3 Å². The zero-order valence-electron chi connectivity index (χ0n) is 18.5. The quantitative estimate of drug-likeness (QED) is 0.518. The van der Waals surface area contributed by atoms with Gasteiger partial charge < -0.3 is 24.4 Å². The highest BCUT2D eigenvalue weighted by Crippen LogP contribution is 2.27. The fourth-order valence-corrected chi connectivity index (χ4v) is 3.78. The molecular weight excluding hydrogens is 408 g/mol. The maximum Gasteiger partial charge on any atom is 0.330 e. The number of rotatable bonds is 9. The van der Waals surface area contributed by atoms with Gasteiger partial charge in [0.1, 0.15) is 6.61 Å². The number of benzene rings is 2. The highest BCUT2D eigenvalue weighted by atomic mass is 16.5. The van der Waals surface area contributed by atoms with E-state index in [0.29, 0.717) is 38.5 Å². The molecule has 0 aliphatic carbocycles. The number of hydrogen-bond acceptors (Lipinski definition) is 6.